The van der Waals surface area contributed by atoms with E-state index in [9.17, 15) is 9.18 Å². The number of Topliss-reactive ketones (excluding diaryl/α,β-unsaturated/α-hetero) is 1. The first-order valence-corrected chi connectivity index (χ1v) is 11.1. The van der Waals surface area contributed by atoms with Crippen LogP contribution in [0.3, 0.4) is 0 Å². The Morgan fingerprint density at radius 2 is 1.90 bits per heavy atom. The van der Waals surface area contributed by atoms with Crippen LogP contribution in [0, 0.1) is 11.7 Å². The Balaban J connectivity index is 1.49. The Morgan fingerprint density at radius 1 is 1.13 bits per heavy atom. The molecular formula is C25H25FN2OS. The average molecular weight is 421 g/mol. The van der Waals surface area contributed by atoms with Gasteiger partial charge in [-0.25, -0.2) is 4.39 Å². The van der Waals surface area contributed by atoms with Crippen molar-refractivity contribution in [3.63, 3.8) is 0 Å². The second-order valence-electron chi connectivity index (χ2n) is 8.38. The van der Waals surface area contributed by atoms with E-state index in [1.54, 1.807) is 12.1 Å². The van der Waals surface area contributed by atoms with Crippen molar-refractivity contribution in [1.82, 2.24) is 9.88 Å². The summed E-state index contributed by atoms with van der Waals surface area (Å²) in [5, 5.41) is 1.30. The first-order chi connectivity index (χ1) is 14.6. The van der Waals surface area contributed by atoms with Gasteiger partial charge in [-0.05, 0) is 42.5 Å². The minimum atomic E-state index is -0.522. The van der Waals surface area contributed by atoms with Crippen molar-refractivity contribution in [2.75, 3.05) is 13.1 Å². The standard InChI is InChI=1S/C25H25FN2OS/c26-21-7-3-1-6-20(21)24(25(29)16-9-10-16)28-12-11-23(30)18(15-28)13-17-14-27-22-8-4-2-5-19(17)22/h1-8,13-14,16,23-24,27,30H,9-12,15H2/b18-13-. The number of carbonyl (C=O) groups is 1. The number of rotatable bonds is 5. The molecule has 2 unspecified atom stereocenters. The lowest BCUT2D eigenvalue weighted by atomic mass is 9.93. The van der Waals surface area contributed by atoms with Gasteiger partial charge in [0, 0.05) is 46.9 Å². The molecule has 2 aliphatic rings. The number of thiol groups is 1. The van der Waals surface area contributed by atoms with E-state index in [0.29, 0.717) is 12.1 Å². The van der Waals surface area contributed by atoms with Gasteiger partial charge in [-0.3, -0.25) is 9.69 Å². The highest BCUT2D eigenvalue weighted by Gasteiger charge is 2.40. The zero-order valence-electron chi connectivity index (χ0n) is 16.7. The smallest absolute Gasteiger partial charge is 0.157 e. The number of benzene rings is 2. The molecule has 1 aliphatic carbocycles. The number of hydrogen-bond acceptors (Lipinski definition) is 3. The summed E-state index contributed by atoms with van der Waals surface area (Å²) in [6, 6.07) is 14.4. The Hall–Kier alpha value is -2.37. The fraction of sp³-hybridized carbons (Fsp3) is 0.320. The molecule has 154 valence electrons. The highest BCUT2D eigenvalue weighted by atomic mass is 32.1. The predicted octanol–water partition coefficient (Wildman–Crippen LogP) is 5.41. The number of aromatic nitrogens is 1. The maximum Gasteiger partial charge on any atom is 0.157 e. The highest BCUT2D eigenvalue weighted by molar-refractivity contribution is 7.81. The zero-order valence-corrected chi connectivity index (χ0v) is 17.6. The van der Waals surface area contributed by atoms with E-state index >= 15 is 0 Å². The van der Waals surface area contributed by atoms with Crippen molar-refractivity contribution in [2.45, 2.75) is 30.6 Å². The largest absolute Gasteiger partial charge is 0.361 e. The van der Waals surface area contributed by atoms with E-state index in [1.807, 2.05) is 24.4 Å². The van der Waals surface area contributed by atoms with Crippen LogP contribution in [0.1, 0.15) is 36.4 Å². The zero-order chi connectivity index (χ0) is 20.7. The number of fused-ring (bicyclic) bond motifs is 1. The van der Waals surface area contributed by atoms with Gasteiger partial charge in [-0.15, -0.1) is 0 Å². The minimum absolute atomic E-state index is 0.0735. The van der Waals surface area contributed by atoms with E-state index in [4.69, 9.17) is 12.6 Å². The molecule has 1 saturated heterocycles. The lowest BCUT2D eigenvalue weighted by Crippen LogP contribution is -2.42. The molecule has 2 fully saturated rings. The summed E-state index contributed by atoms with van der Waals surface area (Å²) in [6.07, 6.45) is 6.87. The number of piperidine rings is 1. The fourth-order valence-corrected chi connectivity index (χ4v) is 4.76. The number of para-hydroxylation sites is 1. The number of H-pyrrole nitrogens is 1. The van der Waals surface area contributed by atoms with E-state index < -0.39 is 6.04 Å². The first-order valence-electron chi connectivity index (χ1n) is 10.6. The van der Waals surface area contributed by atoms with Gasteiger partial charge in [0.05, 0.1) is 6.04 Å². The summed E-state index contributed by atoms with van der Waals surface area (Å²) in [6.45, 7) is 1.35. The molecule has 30 heavy (non-hydrogen) atoms. The number of aromatic amines is 1. The molecular weight excluding hydrogens is 395 g/mol. The Labute approximate surface area is 181 Å². The number of nitrogens with one attached hydrogen (secondary N) is 1. The molecule has 2 aromatic carbocycles. The summed E-state index contributed by atoms with van der Waals surface area (Å²) in [7, 11) is 0. The van der Waals surface area contributed by atoms with Crippen molar-refractivity contribution < 1.29 is 9.18 Å². The summed E-state index contributed by atoms with van der Waals surface area (Å²) < 4.78 is 14.7. The molecule has 5 rings (SSSR count). The Morgan fingerprint density at radius 3 is 2.70 bits per heavy atom. The summed E-state index contributed by atoms with van der Waals surface area (Å²) >= 11 is 4.82. The SMILES string of the molecule is O=C(C1CC1)C(c1ccccc1F)N1CCC(S)/C(=C\c2c[nH]c3ccccc23)C1. The van der Waals surface area contributed by atoms with Crippen LogP contribution in [-0.4, -0.2) is 34.0 Å². The Kier molecular flexibility index (Phi) is 5.25. The molecule has 5 heteroatoms. The molecule has 1 saturated carbocycles. The van der Waals surface area contributed by atoms with E-state index in [2.05, 4.69) is 28.1 Å². The molecule has 0 amide bonds. The van der Waals surface area contributed by atoms with Crippen LogP contribution < -0.4 is 0 Å². The van der Waals surface area contributed by atoms with E-state index in [-0.39, 0.29) is 22.8 Å². The molecule has 3 nitrogen and oxygen atoms in total. The maximum absolute atomic E-state index is 14.7. The lowest BCUT2D eigenvalue weighted by Gasteiger charge is -2.37. The van der Waals surface area contributed by atoms with Gasteiger partial charge in [0.25, 0.3) is 0 Å². The van der Waals surface area contributed by atoms with Gasteiger partial charge in [0.2, 0.25) is 0 Å². The van der Waals surface area contributed by atoms with Crippen LogP contribution in [-0.2, 0) is 4.79 Å². The lowest BCUT2D eigenvalue weighted by molar-refractivity contribution is -0.126. The van der Waals surface area contributed by atoms with Gasteiger partial charge in [-0.1, -0.05) is 42.5 Å². The van der Waals surface area contributed by atoms with Crippen LogP contribution in [0.15, 0.2) is 60.3 Å². The second kappa shape index (κ2) is 8.05. The third kappa shape index (κ3) is 3.72. The number of likely N-dealkylation sites (tertiary alicyclic amines) is 1. The maximum atomic E-state index is 14.7. The topological polar surface area (TPSA) is 36.1 Å². The minimum Gasteiger partial charge on any atom is -0.361 e. The van der Waals surface area contributed by atoms with Crippen molar-refractivity contribution in [1.29, 1.82) is 0 Å². The van der Waals surface area contributed by atoms with Crippen molar-refractivity contribution in [3.8, 4) is 0 Å². The molecule has 1 N–H and O–H groups in total. The predicted molar refractivity (Wildman–Crippen MR) is 122 cm³/mol. The van der Waals surface area contributed by atoms with E-state index in [1.165, 1.54) is 17.0 Å². The number of nitrogens with zero attached hydrogens (tertiary/aromatic N) is 1. The molecule has 1 aromatic heterocycles. The number of carbonyl (C=O) groups excluding carboxylic acids is 1. The number of ketones is 1. The number of hydrogen-bond donors (Lipinski definition) is 2. The second-order valence-corrected chi connectivity index (χ2v) is 9.01. The van der Waals surface area contributed by atoms with Gasteiger partial charge >= 0.3 is 0 Å². The van der Waals surface area contributed by atoms with Crippen LogP contribution in [0.4, 0.5) is 4.39 Å². The van der Waals surface area contributed by atoms with Crippen molar-refractivity contribution >= 4 is 35.4 Å². The third-order valence-corrected chi connectivity index (χ3v) is 6.87. The van der Waals surface area contributed by atoms with Gasteiger partial charge in [-0.2, -0.15) is 12.6 Å². The molecule has 0 bridgehead atoms. The quantitative estimate of drug-likeness (QED) is 0.541. The fourth-order valence-electron chi connectivity index (χ4n) is 4.49. The molecule has 0 radical (unpaired) electrons. The van der Waals surface area contributed by atoms with Crippen LogP contribution >= 0.6 is 12.6 Å². The molecule has 1 aliphatic heterocycles. The molecule has 2 atom stereocenters. The highest BCUT2D eigenvalue weighted by Crippen LogP contribution is 2.40. The Bertz CT molecular complexity index is 1120. The van der Waals surface area contributed by atoms with Gasteiger partial charge in [0.1, 0.15) is 5.82 Å². The number of halogens is 1. The van der Waals surface area contributed by atoms with Gasteiger partial charge in [0.15, 0.2) is 5.78 Å². The average Bonchev–Trinajstić information content (AvgIpc) is 3.53. The van der Waals surface area contributed by atoms with Crippen LogP contribution in [0.25, 0.3) is 17.0 Å². The normalized spacial score (nSPS) is 22.5. The van der Waals surface area contributed by atoms with E-state index in [0.717, 1.165) is 36.9 Å². The summed E-state index contributed by atoms with van der Waals surface area (Å²) in [4.78, 5) is 18.6. The summed E-state index contributed by atoms with van der Waals surface area (Å²) in [5.74, 6) is -0.0693. The molecule has 3 aromatic rings. The monoisotopic (exact) mass is 420 g/mol. The van der Waals surface area contributed by atoms with Crippen molar-refractivity contribution in [2.24, 2.45) is 5.92 Å². The summed E-state index contributed by atoms with van der Waals surface area (Å²) in [5.41, 5.74) is 3.89. The first kappa shape index (κ1) is 19.6. The van der Waals surface area contributed by atoms with Crippen LogP contribution in [0.2, 0.25) is 0 Å². The van der Waals surface area contributed by atoms with Gasteiger partial charge < -0.3 is 4.98 Å². The molecule has 0 spiro atoms. The van der Waals surface area contributed by atoms with Crippen molar-refractivity contribution in [3.05, 3.63) is 77.2 Å². The van der Waals surface area contributed by atoms with Crippen LogP contribution in [0.5, 0.6) is 0 Å². The molecule has 2 heterocycles. The third-order valence-electron chi connectivity index (χ3n) is 6.28.